The van der Waals surface area contributed by atoms with Crippen molar-refractivity contribution in [1.82, 2.24) is 10.2 Å². The highest BCUT2D eigenvalue weighted by atomic mass is 35.5. The van der Waals surface area contributed by atoms with E-state index in [2.05, 4.69) is 20.4 Å². The molecule has 0 amide bonds. The summed E-state index contributed by atoms with van der Waals surface area (Å²) in [6.45, 7) is 2.04. The number of nitrogens with zero attached hydrogens (tertiary/aromatic N) is 3. The van der Waals surface area contributed by atoms with E-state index in [1.807, 2.05) is 36.4 Å². The van der Waals surface area contributed by atoms with Gasteiger partial charge in [-0.3, -0.25) is 4.79 Å². The Balaban J connectivity index is 1.40. The van der Waals surface area contributed by atoms with Gasteiger partial charge in [-0.15, -0.1) is 10.2 Å². The molecule has 2 aliphatic heterocycles. The van der Waals surface area contributed by atoms with Gasteiger partial charge in [0.05, 0.1) is 5.92 Å². The molecule has 0 radical (unpaired) electrons. The Kier molecular flexibility index (Phi) is 5.15. The molecule has 0 unspecified atom stereocenters. The molecule has 9 heteroatoms. The minimum Gasteiger partial charge on any atom is -0.481 e. The van der Waals surface area contributed by atoms with Crippen molar-refractivity contribution in [3.8, 4) is 11.5 Å². The van der Waals surface area contributed by atoms with E-state index in [9.17, 15) is 9.90 Å². The number of halogens is 1. The van der Waals surface area contributed by atoms with Crippen LogP contribution in [0.25, 0.3) is 10.8 Å². The first-order chi connectivity index (χ1) is 15.1. The molecule has 5 rings (SSSR count). The fourth-order valence-electron chi connectivity index (χ4n) is 4.05. The van der Waals surface area contributed by atoms with Crippen molar-refractivity contribution in [2.75, 3.05) is 30.1 Å². The fourth-order valence-corrected chi connectivity index (χ4v) is 4.22. The van der Waals surface area contributed by atoms with Gasteiger partial charge in [-0.2, -0.15) is 0 Å². The molecule has 0 atom stereocenters. The van der Waals surface area contributed by atoms with E-state index in [1.54, 1.807) is 0 Å². The number of hydrogen-bond acceptors (Lipinski definition) is 7. The normalized spacial score (nSPS) is 16.0. The molecule has 1 aromatic heterocycles. The van der Waals surface area contributed by atoms with Crippen molar-refractivity contribution < 1.29 is 19.4 Å². The van der Waals surface area contributed by atoms with Crippen molar-refractivity contribution in [2.24, 2.45) is 5.92 Å². The number of piperidine rings is 1. The number of nitrogens with one attached hydrogen (secondary N) is 1. The lowest BCUT2D eigenvalue weighted by molar-refractivity contribution is -0.142. The van der Waals surface area contributed by atoms with Crippen LogP contribution in [0.3, 0.4) is 0 Å². The smallest absolute Gasteiger partial charge is 0.306 e. The number of carboxylic acids is 1. The second kappa shape index (κ2) is 8.11. The second-order valence-electron chi connectivity index (χ2n) is 7.70. The molecule has 8 nitrogen and oxygen atoms in total. The molecule has 1 saturated heterocycles. The first kappa shape index (κ1) is 19.7. The van der Waals surface area contributed by atoms with Crippen LogP contribution in [-0.4, -0.2) is 41.2 Å². The highest BCUT2D eigenvalue weighted by Crippen LogP contribution is 2.35. The van der Waals surface area contributed by atoms with Crippen molar-refractivity contribution in [3.63, 3.8) is 0 Å². The van der Waals surface area contributed by atoms with Crippen molar-refractivity contribution in [1.29, 1.82) is 0 Å². The van der Waals surface area contributed by atoms with E-state index in [4.69, 9.17) is 21.1 Å². The summed E-state index contributed by atoms with van der Waals surface area (Å²) >= 11 is 6.28. The van der Waals surface area contributed by atoms with Gasteiger partial charge in [-0.05, 0) is 48.7 Å². The summed E-state index contributed by atoms with van der Waals surface area (Å²) in [5.74, 6) is 1.84. The topological polar surface area (TPSA) is 96.8 Å². The summed E-state index contributed by atoms with van der Waals surface area (Å²) in [6.07, 6.45) is 1.19. The number of rotatable bonds is 5. The van der Waals surface area contributed by atoms with Crippen LogP contribution in [0.4, 0.5) is 11.6 Å². The predicted molar refractivity (Wildman–Crippen MR) is 117 cm³/mol. The Morgan fingerprint density at radius 1 is 1.10 bits per heavy atom. The standard InChI is InChI=1S/C22H21ClN4O4/c23-15-2-3-16-17(10-15)20(24-11-13-1-4-18-19(9-13)31-12-30-18)25-26-21(16)27-7-5-14(6-8-27)22(28)29/h1-4,9-10,14H,5-8,11-12H2,(H,24,25)(H,28,29). The third kappa shape index (κ3) is 3.90. The quantitative estimate of drug-likeness (QED) is 0.616. The number of aromatic nitrogens is 2. The van der Waals surface area contributed by atoms with Gasteiger partial charge < -0.3 is 24.8 Å². The van der Waals surface area contributed by atoms with Gasteiger partial charge in [0, 0.05) is 35.4 Å². The van der Waals surface area contributed by atoms with Crippen LogP contribution in [0.2, 0.25) is 5.02 Å². The zero-order valence-corrected chi connectivity index (χ0v) is 17.4. The first-order valence-electron chi connectivity index (χ1n) is 10.1. The average Bonchev–Trinajstić information content (AvgIpc) is 3.25. The zero-order chi connectivity index (χ0) is 21.4. The van der Waals surface area contributed by atoms with Gasteiger partial charge in [-0.25, -0.2) is 0 Å². The van der Waals surface area contributed by atoms with Gasteiger partial charge in [0.1, 0.15) is 0 Å². The molecule has 0 spiro atoms. The van der Waals surface area contributed by atoms with E-state index in [-0.39, 0.29) is 12.7 Å². The number of fused-ring (bicyclic) bond motifs is 2. The van der Waals surface area contributed by atoms with Crippen molar-refractivity contribution in [3.05, 3.63) is 47.0 Å². The van der Waals surface area contributed by atoms with Gasteiger partial charge in [0.2, 0.25) is 6.79 Å². The molecule has 0 saturated carbocycles. The van der Waals surface area contributed by atoms with Crippen LogP contribution in [-0.2, 0) is 11.3 Å². The Hall–Kier alpha value is -3.26. The van der Waals surface area contributed by atoms with E-state index >= 15 is 0 Å². The Morgan fingerprint density at radius 3 is 2.71 bits per heavy atom. The summed E-state index contributed by atoms with van der Waals surface area (Å²) < 4.78 is 10.8. The lowest BCUT2D eigenvalue weighted by Gasteiger charge is -2.31. The van der Waals surface area contributed by atoms with Crippen molar-refractivity contribution >= 4 is 40.0 Å². The Morgan fingerprint density at radius 2 is 1.90 bits per heavy atom. The third-order valence-corrected chi connectivity index (χ3v) is 6.00. The maximum Gasteiger partial charge on any atom is 0.306 e. The van der Waals surface area contributed by atoms with Crippen LogP contribution in [0.5, 0.6) is 11.5 Å². The van der Waals surface area contributed by atoms with Gasteiger partial charge in [0.15, 0.2) is 23.1 Å². The van der Waals surface area contributed by atoms with Gasteiger partial charge in [-0.1, -0.05) is 17.7 Å². The predicted octanol–water partition coefficient (Wildman–Crippen LogP) is 3.93. The third-order valence-electron chi connectivity index (χ3n) is 5.76. The summed E-state index contributed by atoms with van der Waals surface area (Å²) in [5, 5.41) is 23.9. The summed E-state index contributed by atoms with van der Waals surface area (Å²) in [4.78, 5) is 13.4. The largest absolute Gasteiger partial charge is 0.481 e. The molecule has 0 aliphatic carbocycles. The molecule has 3 heterocycles. The summed E-state index contributed by atoms with van der Waals surface area (Å²) in [6, 6.07) is 11.5. The van der Waals surface area contributed by atoms with Crippen LogP contribution >= 0.6 is 11.6 Å². The fraction of sp³-hybridized carbons (Fsp3) is 0.318. The number of anilines is 2. The molecule has 1 fully saturated rings. The molecule has 2 aliphatic rings. The molecular weight excluding hydrogens is 420 g/mol. The van der Waals surface area contributed by atoms with E-state index < -0.39 is 5.97 Å². The number of aliphatic carboxylic acids is 1. The number of carbonyl (C=O) groups is 1. The van der Waals surface area contributed by atoms with Gasteiger partial charge in [0.25, 0.3) is 0 Å². The summed E-state index contributed by atoms with van der Waals surface area (Å²) in [7, 11) is 0. The van der Waals surface area contributed by atoms with Gasteiger partial charge >= 0.3 is 5.97 Å². The zero-order valence-electron chi connectivity index (χ0n) is 16.7. The lowest BCUT2D eigenvalue weighted by atomic mass is 9.97. The molecular formula is C22H21ClN4O4. The number of benzene rings is 2. The number of carboxylic acid groups (broad SMARTS) is 1. The van der Waals surface area contributed by atoms with E-state index in [0.29, 0.717) is 43.3 Å². The van der Waals surface area contributed by atoms with E-state index in [0.717, 1.165) is 33.7 Å². The van der Waals surface area contributed by atoms with Crippen molar-refractivity contribution in [2.45, 2.75) is 19.4 Å². The Labute approximate surface area is 183 Å². The molecule has 2 aromatic carbocycles. The highest BCUT2D eigenvalue weighted by molar-refractivity contribution is 6.31. The maximum atomic E-state index is 11.3. The SMILES string of the molecule is O=C(O)C1CCN(c2nnc(NCc3ccc4c(c3)OCO4)c3cc(Cl)ccc23)CC1. The number of ether oxygens (including phenoxy) is 2. The minimum absolute atomic E-state index is 0.242. The number of hydrogen-bond donors (Lipinski definition) is 2. The van der Waals surface area contributed by atoms with Crippen LogP contribution < -0.4 is 19.7 Å². The lowest BCUT2D eigenvalue weighted by Crippen LogP contribution is -2.37. The van der Waals surface area contributed by atoms with Crippen LogP contribution in [0.1, 0.15) is 18.4 Å². The molecule has 0 bridgehead atoms. The maximum absolute atomic E-state index is 11.3. The first-order valence-corrected chi connectivity index (χ1v) is 10.5. The molecule has 31 heavy (non-hydrogen) atoms. The average molecular weight is 441 g/mol. The molecule has 3 aromatic rings. The van der Waals surface area contributed by atoms with Crippen LogP contribution in [0, 0.1) is 5.92 Å². The monoisotopic (exact) mass is 440 g/mol. The highest BCUT2D eigenvalue weighted by Gasteiger charge is 2.26. The van der Waals surface area contributed by atoms with E-state index in [1.165, 1.54) is 0 Å². The second-order valence-corrected chi connectivity index (χ2v) is 8.14. The van der Waals surface area contributed by atoms with Crippen LogP contribution in [0.15, 0.2) is 36.4 Å². The Bertz CT molecular complexity index is 1150. The summed E-state index contributed by atoms with van der Waals surface area (Å²) in [5.41, 5.74) is 1.03. The molecule has 2 N–H and O–H groups in total. The minimum atomic E-state index is -0.731. The molecule has 160 valence electrons.